The van der Waals surface area contributed by atoms with E-state index in [1.54, 1.807) is 0 Å². The molecule has 0 aromatic carbocycles. The number of hydrogen-bond acceptors (Lipinski definition) is 5. The molecule has 1 aromatic rings. The molecule has 0 saturated carbocycles. The highest BCUT2D eigenvalue weighted by Gasteiger charge is 2.00. The molecular weight excluding hydrogens is 182 g/mol. The van der Waals surface area contributed by atoms with Crippen LogP contribution in [0.5, 0.6) is 5.88 Å². The second kappa shape index (κ2) is 5.39. The van der Waals surface area contributed by atoms with E-state index in [1.807, 2.05) is 13.8 Å². The molecule has 0 saturated heterocycles. The fraction of sp³-hybridized carbons (Fsp3) is 0.556. The van der Waals surface area contributed by atoms with Gasteiger partial charge in [0.05, 0.1) is 18.9 Å². The molecule has 0 radical (unpaired) electrons. The number of nitrogens with zero attached hydrogens (tertiary/aromatic N) is 2. The predicted molar refractivity (Wildman–Crippen MR) is 53.0 cm³/mol. The molecule has 1 heterocycles. The van der Waals surface area contributed by atoms with Crippen molar-refractivity contribution >= 4 is 5.69 Å². The molecule has 14 heavy (non-hydrogen) atoms. The Morgan fingerprint density at radius 1 is 1.43 bits per heavy atom. The van der Waals surface area contributed by atoms with E-state index in [4.69, 9.17) is 15.2 Å². The maximum atomic E-state index is 5.57. The summed E-state index contributed by atoms with van der Waals surface area (Å²) in [5, 5.41) is 0. The Labute approximate surface area is 83.3 Å². The van der Waals surface area contributed by atoms with Crippen LogP contribution in [-0.2, 0) is 4.74 Å². The predicted octanol–water partition coefficient (Wildman–Crippen LogP) is 0.863. The molecule has 0 amide bonds. The number of aromatic nitrogens is 2. The van der Waals surface area contributed by atoms with Crippen LogP contribution in [0.1, 0.15) is 13.8 Å². The lowest BCUT2D eigenvalue weighted by molar-refractivity contribution is 0.0544. The van der Waals surface area contributed by atoms with Crippen LogP contribution >= 0.6 is 0 Å². The van der Waals surface area contributed by atoms with Crippen LogP contribution in [0.3, 0.4) is 0 Å². The van der Waals surface area contributed by atoms with Gasteiger partial charge in [-0.2, -0.15) is 0 Å². The second-order valence-corrected chi connectivity index (χ2v) is 3.05. The summed E-state index contributed by atoms with van der Waals surface area (Å²) in [4.78, 5) is 7.64. The van der Waals surface area contributed by atoms with Crippen LogP contribution in [0.15, 0.2) is 12.5 Å². The normalized spacial score (nSPS) is 10.5. The Morgan fingerprint density at radius 2 is 2.21 bits per heavy atom. The molecular formula is C9H15N3O2. The van der Waals surface area contributed by atoms with Crippen molar-refractivity contribution in [3.63, 3.8) is 0 Å². The Kier molecular flexibility index (Phi) is 4.12. The largest absolute Gasteiger partial charge is 0.474 e. The van der Waals surface area contributed by atoms with Crippen LogP contribution < -0.4 is 10.5 Å². The summed E-state index contributed by atoms with van der Waals surface area (Å²) >= 11 is 0. The molecule has 0 fully saturated rings. The quantitative estimate of drug-likeness (QED) is 0.709. The maximum absolute atomic E-state index is 5.57. The smallest absolute Gasteiger partial charge is 0.240 e. The Hall–Kier alpha value is -1.36. The average molecular weight is 197 g/mol. The summed E-state index contributed by atoms with van der Waals surface area (Å²) < 4.78 is 10.6. The summed E-state index contributed by atoms with van der Waals surface area (Å²) in [7, 11) is 0. The molecule has 2 N–H and O–H groups in total. The first-order chi connectivity index (χ1) is 6.70. The molecule has 1 rings (SSSR count). The Morgan fingerprint density at radius 3 is 2.86 bits per heavy atom. The lowest BCUT2D eigenvalue weighted by Gasteiger charge is -2.09. The number of ether oxygens (including phenoxy) is 2. The lowest BCUT2D eigenvalue weighted by Crippen LogP contribution is -2.12. The molecule has 5 heteroatoms. The summed E-state index contributed by atoms with van der Waals surface area (Å²) in [5.74, 6) is 0.410. The van der Waals surface area contributed by atoms with Gasteiger partial charge in [-0.15, -0.1) is 0 Å². The molecule has 0 aliphatic heterocycles. The summed E-state index contributed by atoms with van der Waals surface area (Å²) in [6.45, 7) is 4.92. The van der Waals surface area contributed by atoms with E-state index in [1.165, 1.54) is 12.5 Å². The molecule has 0 atom stereocenters. The first-order valence-corrected chi connectivity index (χ1v) is 4.50. The van der Waals surface area contributed by atoms with Gasteiger partial charge in [0.1, 0.15) is 18.6 Å². The SMILES string of the molecule is CC(C)OCCOc1ncncc1N. The topological polar surface area (TPSA) is 70.3 Å². The zero-order valence-corrected chi connectivity index (χ0v) is 8.43. The molecule has 0 spiro atoms. The summed E-state index contributed by atoms with van der Waals surface area (Å²) in [5.41, 5.74) is 6.01. The minimum Gasteiger partial charge on any atom is -0.474 e. The Bertz CT molecular complexity index is 279. The molecule has 0 aliphatic rings. The zero-order chi connectivity index (χ0) is 10.4. The van der Waals surface area contributed by atoms with E-state index in [2.05, 4.69) is 9.97 Å². The highest BCUT2D eigenvalue weighted by atomic mass is 16.5. The number of nitrogen functional groups attached to an aromatic ring is 1. The lowest BCUT2D eigenvalue weighted by atomic mass is 10.5. The van der Waals surface area contributed by atoms with Gasteiger partial charge < -0.3 is 15.2 Å². The van der Waals surface area contributed by atoms with Crippen molar-refractivity contribution < 1.29 is 9.47 Å². The van der Waals surface area contributed by atoms with E-state index in [0.29, 0.717) is 24.8 Å². The van der Waals surface area contributed by atoms with Crippen LogP contribution in [0.4, 0.5) is 5.69 Å². The molecule has 0 aliphatic carbocycles. The minimum atomic E-state index is 0.210. The van der Waals surface area contributed by atoms with Crippen LogP contribution in [0.2, 0.25) is 0 Å². The van der Waals surface area contributed by atoms with Gasteiger partial charge >= 0.3 is 0 Å². The number of nitrogens with two attached hydrogens (primary N) is 1. The van der Waals surface area contributed by atoms with Gasteiger partial charge in [0, 0.05) is 0 Å². The third-order valence-corrected chi connectivity index (χ3v) is 1.48. The van der Waals surface area contributed by atoms with Crippen molar-refractivity contribution in [2.45, 2.75) is 20.0 Å². The van der Waals surface area contributed by atoms with Gasteiger partial charge in [-0.25, -0.2) is 9.97 Å². The van der Waals surface area contributed by atoms with Gasteiger partial charge in [0.2, 0.25) is 5.88 Å². The third-order valence-electron chi connectivity index (χ3n) is 1.48. The first kappa shape index (κ1) is 10.7. The Balaban J connectivity index is 2.28. The van der Waals surface area contributed by atoms with Crippen LogP contribution in [0.25, 0.3) is 0 Å². The van der Waals surface area contributed by atoms with Crippen molar-refractivity contribution in [3.8, 4) is 5.88 Å². The van der Waals surface area contributed by atoms with Crippen molar-refractivity contribution in [2.24, 2.45) is 0 Å². The highest BCUT2D eigenvalue weighted by molar-refractivity contribution is 5.44. The van der Waals surface area contributed by atoms with E-state index >= 15 is 0 Å². The molecule has 0 bridgehead atoms. The van der Waals surface area contributed by atoms with Crippen molar-refractivity contribution in [2.75, 3.05) is 18.9 Å². The minimum absolute atomic E-state index is 0.210. The van der Waals surface area contributed by atoms with Gasteiger partial charge in [-0.1, -0.05) is 0 Å². The number of anilines is 1. The third kappa shape index (κ3) is 3.57. The highest BCUT2D eigenvalue weighted by Crippen LogP contribution is 2.13. The summed E-state index contributed by atoms with van der Waals surface area (Å²) in [6.07, 6.45) is 3.11. The van der Waals surface area contributed by atoms with Crippen LogP contribution in [-0.4, -0.2) is 29.3 Å². The average Bonchev–Trinajstić information content (AvgIpc) is 2.15. The van der Waals surface area contributed by atoms with Gasteiger partial charge in [-0.05, 0) is 13.8 Å². The fourth-order valence-corrected chi connectivity index (χ4v) is 0.872. The molecule has 5 nitrogen and oxygen atoms in total. The fourth-order valence-electron chi connectivity index (χ4n) is 0.872. The van der Waals surface area contributed by atoms with E-state index in [9.17, 15) is 0 Å². The van der Waals surface area contributed by atoms with E-state index < -0.39 is 0 Å². The van der Waals surface area contributed by atoms with Crippen LogP contribution in [0, 0.1) is 0 Å². The standard InChI is InChI=1S/C9H15N3O2/c1-7(2)13-3-4-14-9-8(10)5-11-6-12-9/h5-7H,3-4,10H2,1-2H3. The van der Waals surface area contributed by atoms with Crippen molar-refractivity contribution in [3.05, 3.63) is 12.5 Å². The van der Waals surface area contributed by atoms with Gasteiger partial charge in [0.15, 0.2) is 0 Å². The summed E-state index contributed by atoms with van der Waals surface area (Å²) in [6, 6.07) is 0. The molecule has 78 valence electrons. The van der Waals surface area contributed by atoms with Crippen molar-refractivity contribution in [1.29, 1.82) is 0 Å². The van der Waals surface area contributed by atoms with Gasteiger partial charge in [-0.3, -0.25) is 0 Å². The zero-order valence-electron chi connectivity index (χ0n) is 8.43. The van der Waals surface area contributed by atoms with Crippen molar-refractivity contribution in [1.82, 2.24) is 9.97 Å². The van der Waals surface area contributed by atoms with E-state index in [0.717, 1.165) is 0 Å². The maximum Gasteiger partial charge on any atom is 0.240 e. The molecule has 0 unspecified atom stereocenters. The van der Waals surface area contributed by atoms with E-state index in [-0.39, 0.29) is 6.10 Å². The van der Waals surface area contributed by atoms with Gasteiger partial charge in [0.25, 0.3) is 0 Å². The number of rotatable bonds is 5. The second-order valence-electron chi connectivity index (χ2n) is 3.05. The first-order valence-electron chi connectivity index (χ1n) is 4.50. The number of hydrogen-bond donors (Lipinski definition) is 1. The monoisotopic (exact) mass is 197 g/mol. The molecule has 1 aromatic heterocycles.